The fourth-order valence-corrected chi connectivity index (χ4v) is 1.85. The molecule has 2 aromatic heterocycles. The summed E-state index contributed by atoms with van der Waals surface area (Å²) in [6, 6.07) is 13.6. The highest BCUT2D eigenvalue weighted by Crippen LogP contribution is 2.15. The molecule has 0 amide bonds. The lowest BCUT2D eigenvalue weighted by Crippen LogP contribution is -1.92. The number of hydrogen-bond donors (Lipinski definition) is 0. The van der Waals surface area contributed by atoms with Gasteiger partial charge in [0.2, 0.25) is 0 Å². The highest BCUT2D eigenvalue weighted by Gasteiger charge is 2.05. The SMILES string of the molecule is O=CCc1ccc2nc(-c3ccccc3)nn2c1. The summed E-state index contributed by atoms with van der Waals surface area (Å²) in [7, 11) is 0. The van der Waals surface area contributed by atoms with E-state index in [1.54, 1.807) is 4.52 Å². The molecular formula is C14H11N3O. The smallest absolute Gasteiger partial charge is 0.182 e. The van der Waals surface area contributed by atoms with Crippen molar-refractivity contribution in [1.29, 1.82) is 0 Å². The van der Waals surface area contributed by atoms with Crippen LogP contribution in [-0.2, 0) is 11.2 Å². The van der Waals surface area contributed by atoms with Crippen molar-refractivity contribution in [2.75, 3.05) is 0 Å². The summed E-state index contributed by atoms with van der Waals surface area (Å²) in [6.45, 7) is 0. The van der Waals surface area contributed by atoms with E-state index in [0.717, 1.165) is 23.1 Å². The first-order chi connectivity index (χ1) is 8.86. The molecule has 2 heterocycles. The second-order valence-electron chi connectivity index (χ2n) is 4.01. The van der Waals surface area contributed by atoms with Gasteiger partial charge in [0.1, 0.15) is 6.29 Å². The van der Waals surface area contributed by atoms with Gasteiger partial charge in [-0.05, 0) is 11.6 Å². The van der Waals surface area contributed by atoms with Crippen LogP contribution in [0, 0.1) is 0 Å². The minimum absolute atomic E-state index is 0.399. The second-order valence-corrected chi connectivity index (χ2v) is 4.01. The molecule has 3 aromatic rings. The first-order valence-electron chi connectivity index (χ1n) is 5.71. The van der Waals surface area contributed by atoms with Gasteiger partial charge in [-0.1, -0.05) is 36.4 Å². The van der Waals surface area contributed by atoms with E-state index in [-0.39, 0.29) is 0 Å². The molecule has 4 heteroatoms. The number of rotatable bonds is 3. The summed E-state index contributed by atoms with van der Waals surface area (Å²) < 4.78 is 1.71. The molecule has 0 atom stereocenters. The largest absolute Gasteiger partial charge is 0.303 e. The molecule has 0 radical (unpaired) electrons. The molecule has 0 bridgehead atoms. The van der Waals surface area contributed by atoms with E-state index < -0.39 is 0 Å². The molecule has 0 N–H and O–H groups in total. The van der Waals surface area contributed by atoms with Crippen molar-refractivity contribution in [3.05, 3.63) is 54.2 Å². The average molecular weight is 237 g/mol. The number of carbonyl (C=O) groups excluding carboxylic acids is 1. The lowest BCUT2D eigenvalue weighted by Gasteiger charge is -1.95. The third-order valence-electron chi connectivity index (χ3n) is 2.74. The number of nitrogens with zero attached hydrogens (tertiary/aromatic N) is 3. The van der Waals surface area contributed by atoms with Crippen molar-refractivity contribution in [1.82, 2.24) is 14.6 Å². The van der Waals surface area contributed by atoms with E-state index >= 15 is 0 Å². The van der Waals surface area contributed by atoms with E-state index in [9.17, 15) is 4.79 Å². The highest BCUT2D eigenvalue weighted by molar-refractivity contribution is 5.59. The fraction of sp³-hybridized carbons (Fsp3) is 0.0714. The Morgan fingerprint density at radius 1 is 1.11 bits per heavy atom. The number of carbonyl (C=O) groups is 1. The average Bonchev–Trinajstić information content (AvgIpc) is 2.83. The van der Waals surface area contributed by atoms with Gasteiger partial charge in [-0.25, -0.2) is 9.50 Å². The Bertz CT molecular complexity index is 689. The lowest BCUT2D eigenvalue weighted by molar-refractivity contribution is -0.107. The Morgan fingerprint density at radius 2 is 1.94 bits per heavy atom. The van der Waals surface area contributed by atoms with Crippen molar-refractivity contribution in [3.8, 4) is 11.4 Å². The molecule has 0 fully saturated rings. The summed E-state index contributed by atoms with van der Waals surface area (Å²) >= 11 is 0. The van der Waals surface area contributed by atoms with Crippen LogP contribution in [0.25, 0.3) is 17.0 Å². The van der Waals surface area contributed by atoms with Crippen LogP contribution in [-0.4, -0.2) is 20.9 Å². The van der Waals surface area contributed by atoms with Gasteiger partial charge in [0.15, 0.2) is 11.5 Å². The van der Waals surface area contributed by atoms with Crippen molar-refractivity contribution in [2.45, 2.75) is 6.42 Å². The molecular weight excluding hydrogens is 226 g/mol. The molecule has 88 valence electrons. The van der Waals surface area contributed by atoms with Gasteiger partial charge in [0.25, 0.3) is 0 Å². The van der Waals surface area contributed by atoms with E-state index in [2.05, 4.69) is 10.1 Å². The molecule has 3 rings (SSSR count). The zero-order valence-corrected chi connectivity index (χ0v) is 9.65. The van der Waals surface area contributed by atoms with Gasteiger partial charge in [-0.15, -0.1) is 5.10 Å². The Kier molecular flexibility index (Phi) is 2.61. The number of aldehydes is 1. The first-order valence-corrected chi connectivity index (χ1v) is 5.71. The minimum atomic E-state index is 0.399. The van der Waals surface area contributed by atoms with Crippen LogP contribution in [0.5, 0.6) is 0 Å². The summed E-state index contributed by atoms with van der Waals surface area (Å²) in [5, 5.41) is 4.42. The first kappa shape index (κ1) is 10.7. The van der Waals surface area contributed by atoms with Crippen molar-refractivity contribution >= 4 is 11.9 Å². The highest BCUT2D eigenvalue weighted by atomic mass is 16.1. The molecule has 0 saturated carbocycles. The maximum absolute atomic E-state index is 10.5. The van der Waals surface area contributed by atoms with Gasteiger partial charge in [-0.2, -0.15) is 0 Å². The number of aromatic nitrogens is 3. The fourth-order valence-electron chi connectivity index (χ4n) is 1.85. The van der Waals surface area contributed by atoms with Crippen LogP contribution in [0.1, 0.15) is 5.56 Å². The summed E-state index contributed by atoms with van der Waals surface area (Å²) in [6.07, 6.45) is 3.12. The number of benzene rings is 1. The Balaban J connectivity index is 2.08. The molecule has 18 heavy (non-hydrogen) atoms. The number of pyridine rings is 1. The van der Waals surface area contributed by atoms with Crippen molar-refractivity contribution in [2.24, 2.45) is 0 Å². The van der Waals surface area contributed by atoms with Crippen molar-refractivity contribution in [3.63, 3.8) is 0 Å². The number of hydrogen-bond acceptors (Lipinski definition) is 3. The van der Waals surface area contributed by atoms with E-state index in [0.29, 0.717) is 12.2 Å². The monoisotopic (exact) mass is 237 g/mol. The Hall–Kier alpha value is -2.49. The van der Waals surface area contributed by atoms with Gasteiger partial charge in [0.05, 0.1) is 0 Å². The molecule has 4 nitrogen and oxygen atoms in total. The molecule has 0 aliphatic heterocycles. The molecule has 0 spiro atoms. The maximum atomic E-state index is 10.5. The lowest BCUT2D eigenvalue weighted by atomic mass is 10.2. The third-order valence-corrected chi connectivity index (χ3v) is 2.74. The van der Waals surface area contributed by atoms with E-state index in [1.807, 2.05) is 48.7 Å². The van der Waals surface area contributed by atoms with Gasteiger partial charge < -0.3 is 4.79 Å². The Morgan fingerprint density at radius 3 is 2.72 bits per heavy atom. The molecule has 0 unspecified atom stereocenters. The maximum Gasteiger partial charge on any atom is 0.182 e. The molecule has 0 saturated heterocycles. The van der Waals surface area contributed by atoms with E-state index in [1.165, 1.54) is 0 Å². The topological polar surface area (TPSA) is 47.3 Å². The van der Waals surface area contributed by atoms with Gasteiger partial charge in [-0.3, -0.25) is 0 Å². The predicted octanol–water partition coefficient (Wildman–Crippen LogP) is 2.14. The molecule has 0 aliphatic rings. The zero-order valence-electron chi connectivity index (χ0n) is 9.65. The van der Waals surface area contributed by atoms with Crippen LogP contribution < -0.4 is 0 Å². The summed E-state index contributed by atoms with van der Waals surface area (Å²) in [4.78, 5) is 14.9. The quantitative estimate of drug-likeness (QED) is 0.656. The zero-order chi connectivity index (χ0) is 12.4. The van der Waals surface area contributed by atoms with Gasteiger partial charge >= 0.3 is 0 Å². The normalized spacial score (nSPS) is 10.7. The van der Waals surface area contributed by atoms with E-state index in [4.69, 9.17) is 0 Å². The number of fused-ring (bicyclic) bond motifs is 1. The predicted molar refractivity (Wildman–Crippen MR) is 68.2 cm³/mol. The molecule has 0 aliphatic carbocycles. The van der Waals surface area contributed by atoms with Crippen LogP contribution in [0.4, 0.5) is 0 Å². The molecule has 1 aromatic carbocycles. The second kappa shape index (κ2) is 4.41. The van der Waals surface area contributed by atoms with Gasteiger partial charge in [0, 0.05) is 18.2 Å². The van der Waals surface area contributed by atoms with Crippen LogP contribution >= 0.6 is 0 Å². The summed E-state index contributed by atoms with van der Waals surface area (Å²) in [5.74, 6) is 0.693. The van der Waals surface area contributed by atoms with Crippen molar-refractivity contribution < 1.29 is 4.79 Å². The minimum Gasteiger partial charge on any atom is -0.303 e. The summed E-state index contributed by atoms with van der Waals surface area (Å²) in [5.41, 5.74) is 2.70. The van der Waals surface area contributed by atoms with Crippen LogP contribution in [0.3, 0.4) is 0 Å². The standard InChI is InChI=1S/C14H11N3O/c18-9-8-11-6-7-13-15-14(16-17(13)10-11)12-4-2-1-3-5-12/h1-7,9-10H,8H2. The van der Waals surface area contributed by atoms with Crippen LogP contribution in [0.15, 0.2) is 48.7 Å². The Labute approximate surface area is 104 Å². The third kappa shape index (κ3) is 1.88. The van der Waals surface area contributed by atoms with Crippen LogP contribution in [0.2, 0.25) is 0 Å².